The summed E-state index contributed by atoms with van der Waals surface area (Å²) in [5, 5.41) is 11.8. The van der Waals surface area contributed by atoms with Crippen LogP contribution in [0, 0.1) is 17.3 Å². The monoisotopic (exact) mass is 356 g/mol. The quantitative estimate of drug-likeness (QED) is 0.818. The first-order valence-corrected chi connectivity index (χ1v) is 9.18. The van der Waals surface area contributed by atoms with Crippen LogP contribution in [0.3, 0.4) is 0 Å². The molecule has 2 atom stereocenters. The van der Waals surface area contributed by atoms with Crippen molar-refractivity contribution in [3.8, 4) is 0 Å². The largest absolute Gasteiger partial charge is 0.326 e. The molecule has 0 spiro atoms. The number of amides is 1. The lowest BCUT2D eigenvalue weighted by atomic mass is 10.1. The average molecular weight is 356 g/mol. The summed E-state index contributed by atoms with van der Waals surface area (Å²) in [6, 6.07) is 7.84. The second-order valence-electron chi connectivity index (χ2n) is 7.41. The standard InChI is InChI=1S/C19H24N4OS/c1-12(2)10-15-16(19(15,3)4)17(24)21-13-6-8-14(9-7-13)25-18-22-20-11-23(18)5/h6-11,15-16H,1-5H3,(H,21,24). The van der Waals surface area contributed by atoms with Crippen molar-refractivity contribution < 1.29 is 4.79 Å². The zero-order valence-electron chi connectivity index (χ0n) is 15.3. The van der Waals surface area contributed by atoms with Gasteiger partial charge >= 0.3 is 0 Å². The van der Waals surface area contributed by atoms with E-state index in [1.165, 1.54) is 5.57 Å². The molecule has 1 aliphatic carbocycles. The summed E-state index contributed by atoms with van der Waals surface area (Å²) < 4.78 is 1.87. The highest BCUT2D eigenvalue weighted by Gasteiger charge is 2.60. The van der Waals surface area contributed by atoms with Gasteiger partial charge in [0.15, 0.2) is 5.16 Å². The number of anilines is 1. The van der Waals surface area contributed by atoms with Gasteiger partial charge in [0.05, 0.1) is 5.92 Å². The van der Waals surface area contributed by atoms with Gasteiger partial charge in [-0.3, -0.25) is 4.79 Å². The van der Waals surface area contributed by atoms with E-state index in [1.54, 1.807) is 18.1 Å². The van der Waals surface area contributed by atoms with Crippen LogP contribution in [0.15, 0.2) is 52.3 Å². The van der Waals surface area contributed by atoms with Gasteiger partial charge in [-0.05, 0) is 61.2 Å². The Labute approximate surface area is 152 Å². The Hall–Kier alpha value is -2.08. The van der Waals surface area contributed by atoms with E-state index in [4.69, 9.17) is 0 Å². The van der Waals surface area contributed by atoms with Crippen LogP contribution in [0.1, 0.15) is 27.7 Å². The molecule has 1 heterocycles. The number of aryl methyl sites for hydroxylation is 1. The number of nitrogens with zero attached hydrogens (tertiary/aromatic N) is 3. The van der Waals surface area contributed by atoms with E-state index in [2.05, 4.69) is 49.3 Å². The number of nitrogens with one attached hydrogen (secondary N) is 1. The first-order chi connectivity index (χ1) is 11.8. The predicted octanol–water partition coefficient (Wildman–Crippen LogP) is 4.14. The lowest BCUT2D eigenvalue weighted by Crippen LogP contribution is -2.16. The van der Waals surface area contributed by atoms with Crippen LogP contribution >= 0.6 is 11.8 Å². The van der Waals surface area contributed by atoms with E-state index in [0.29, 0.717) is 5.92 Å². The summed E-state index contributed by atoms with van der Waals surface area (Å²) in [6.45, 7) is 8.47. The fourth-order valence-corrected chi connectivity index (χ4v) is 3.91. The molecule has 1 N–H and O–H groups in total. The SMILES string of the molecule is CC(C)=CC1C(C(=O)Nc2ccc(Sc3nncn3C)cc2)C1(C)C. The molecule has 1 amide bonds. The molecular formula is C19H24N4OS. The summed E-state index contributed by atoms with van der Waals surface area (Å²) in [7, 11) is 1.91. The van der Waals surface area contributed by atoms with E-state index >= 15 is 0 Å². The van der Waals surface area contributed by atoms with E-state index in [9.17, 15) is 4.79 Å². The van der Waals surface area contributed by atoms with Crippen LogP contribution in [0.25, 0.3) is 0 Å². The Bertz CT molecular complexity index is 803. The zero-order chi connectivity index (χ0) is 18.2. The molecule has 1 aromatic carbocycles. The summed E-state index contributed by atoms with van der Waals surface area (Å²) in [6.07, 6.45) is 3.89. The summed E-state index contributed by atoms with van der Waals surface area (Å²) in [4.78, 5) is 13.7. The van der Waals surface area contributed by atoms with Crippen molar-refractivity contribution >= 4 is 23.4 Å². The number of rotatable bonds is 5. The summed E-state index contributed by atoms with van der Waals surface area (Å²) >= 11 is 1.54. The molecule has 132 valence electrons. The smallest absolute Gasteiger partial charge is 0.228 e. The molecular weight excluding hydrogens is 332 g/mol. The molecule has 1 aromatic heterocycles. The highest BCUT2D eigenvalue weighted by atomic mass is 32.2. The van der Waals surface area contributed by atoms with Gasteiger partial charge < -0.3 is 9.88 Å². The van der Waals surface area contributed by atoms with Crippen molar-refractivity contribution in [2.45, 2.75) is 37.7 Å². The van der Waals surface area contributed by atoms with Crippen LogP contribution in [0.4, 0.5) is 5.69 Å². The lowest BCUT2D eigenvalue weighted by molar-refractivity contribution is -0.118. The van der Waals surface area contributed by atoms with E-state index in [-0.39, 0.29) is 17.2 Å². The number of allylic oxidation sites excluding steroid dienone is 2. The van der Waals surface area contributed by atoms with Gasteiger partial charge in [-0.15, -0.1) is 10.2 Å². The van der Waals surface area contributed by atoms with Crippen LogP contribution in [0.2, 0.25) is 0 Å². The molecule has 25 heavy (non-hydrogen) atoms. The Morgan fingerprint density at radius 3 is 2.52 bits per heavy atom. The number of carbonyl (C=O) groups excluding carboxylic acids is 1. The Morgan fingerprint density at radius 1 is 1.28 bits per heavy atom. The average Bonchev–Trinajstić information content (AvgIpc) is 2.85. The van der Waals surface area contributed by atoms with Crippen LogP contribution in [-0.2, 0) is 11.8 Å². The topological polar surface area (TPSA) is 59.8 Å². The predicted molar refractivity (Wildman–Crippen MR) is 100 cm³/mol. The maximum Gasteiger partial charge on any atom is 0.228 e. The fourth-order valence-electron chi connectivity index (χ4n) is 3.15. The molecule has 1 fully saturated rings. The third kappa shape index (κ3) is 3.79. The van der Waals surface area contributed by atoms with E-state index in [0.717, 1.165) is 15.7 Å². The first kappa shape index (κ1) is 17.7. The van der Waals surface area contributed by atoms with Crippen molar-refractivity contribution in [1.29, 1.82) is 0 Å². The minimum atomic E-state index is 0.0301. The molecule has 2 aromatic rings. The second kappa shape index (κ2) is 6.67. The molecule has 0 saturated heterocycles. The van der Waals surface area contributed by atoms with Crippen molar-refractivity contribution in [3.05, 3.63) is 42.2 Å². The van der Waals surface area contributed by atoms with Gasteiger partial charge in [-0.2, -0.15) is 0 Å². The van der Waals surface area contributed by atoms with Gasteiger partial charge in [0.25, 0.3) is 0 Å². The maximum absolute atomic E-state index is 12.6. The van der Waals surface area contributed by atoms with Crippen LogP contribution in [0.5, 0.6) is 0 Å². The molecule has 0 radical (unpaired) electrons. The highest BCUT2D eigenvalue weighted by Crippen LogP contribution is 2.59. The van der Waals surface area contributed by atoms with E-state index in [1.807, 2.05) is 35.9 Å². The summed E-state index contributed by atoms with van der Waals surface area (Å²) in [5.41, 5.74) is 2.12. The minimum Gasteiger partial charge on any atom is -0.326 e. The highest BCUT2D eigenvalue weighted by molar-refractivity contribution is 7.99. The molecule has 2 unspecified atom stereocenters. The van der Waals surface area contributed by atoms with Crippen LogP contribution in [-0.4, -0.2) is 20.7 Å². The van der Waals surface area contributed by atoms with Crippen molar-refractivity contribution in [2.24, 2.45) is 24.3 Å². The van der Waals surface area contributed by atoms with Crippen LogP contribution < -0.4 is 5.32 Å². The molecule has 0 aliphatic heterocycles. The van der Waals surface area contributed by atoms with Crippen molar-refractivity contribution in [2.75, 3.05) is 5.32 Å². The van der Waals surface area contributed by atoms with Gasteiger partial charge in [-0.1, -0.05) is 25.5 Å². The first-order valence-electron chi connectivity index (χ1n) is 8.37. The third-order valence-electron chi connectivity index (χ3n) is 4.71. The maximum atomic E-state index is 12.6. The number of hydrogen-bond acceptors (Lipinski definition) is 4. The Morgan fingerprint density at radius 2 is 1.96 bits per heavy atom. The van der Waals surface area contributed by atoms with Crippen molar-refractivity contribution in [3.63, 3.8) is 0 Å². The lowest BCUT2D eigenvalue weighted by Gasteiger charge is -2.07. The van der Waals surface area contributed by atoms with Gasteiger partial charge in [0.1, 0.15) is 6.33 Å². The third-order valence-corrected chi connectivity index (χ3v) is 5.77. The summed E-state index contributed by atoms with van der Waals surface area (Å²) in [5.74, 6) is 0.458. The molecule has 1 saturated carbocycles. The Balaban J connectivity index is 1.63. The number of benzene rings is 1. The van der Waals surface area contributed by atoms with Gasteiger partial charge in [-0.25, -0.2) is 0 Å². The second-order valence-corrected chi connectivity index (χ2v) is 8.45. The van der Waals surface area contributed by atoms with E-state index < -0.39 is 0 Å². The Kier molecular flexibility index (Phi) is 4.73. The number of carbonyl (C=O) groups is 1. The fraction of sp³-hybridized carbons (Fsp3) is 0.421. The number of hydrogen-bond donors (Lipinski definition) is 1. The molecule has 5 nitrogen and oxygen atoms in total. The molecule has 1 aliphatic rings. The minimum absolute atomic E-state index is 0.0301. The van der Waals surface area contributed by atoms with Gasteiger partial charge in [0, 0.05) is 17.6 Å². The zero-order valence-corrected chi connectivity index (χ0v) is 16.1. The normalized spacial score (nSPS) is 20.8. The van der Waals surface area contributed by atoms with Crippen molar-refractivity contribution in [1.82, 2.24) is 14.8 Å². The molecule has 3 rings (SSSR count). The molecule has 6 heteroatoms. The number of aromatic nitrogens is 3. The van der Waals surface area contributed by atoms with Gasteiger partial charge in [0.2, 0.25) is 5.91 Å². The molecule has 0 bridgehead atoms.